The summed E-state index contributed by atoms with van der Waals surface area (Å²) in [5.41, 5.74) is 6.71. The van der Waals surface area contributed by atoms with Crippen molar-refractivity contribution in [3.8, 4) is 0 Å². The van der Waals surface area contributed by atoms with Crippen molar-refractivity contribution >= 4 is 36.6 Å². The number of likely N-dealkylation sites (tertiary alicyclic amines) is 2. The van der Waals surface area contributed by atoms with Gasteiger partial charge in [-0.25, -0.2) is 0 Å². The van der Waals surface area contributed by atoms with Gasteiger partial charge in [0, 0.05) is 51.5 Å². The molecule has 2 saturated heterocycles. The first kappa shape index (κ1) is 25.6. The molecule has 29 heavy (non-hydrogen) atoms. The van der Waals surface area contributed by atoms with Crippen LogP contribution in [0, 0.1) is 5.41 Å². The summed E-state index contributed by atoms with van der Waals surface area (Å²) in [6.45, 7) is 3.02. The van der Waals surface area contributed by atoms with Crippen LogP contribution < -0.4 is 5.73 Å². The number of carbonyl (C=O) groups is 2. The minimum Gasteiger partial charge on any atom is -0.391 e. The van der Waals surface area contributed by atoms with E-state index in [1.807, 2.05) is 21.9 Å². The lowest BCUT2D eigenvalue weighted by molar-refractivity contribution is -0.143. The van der Waals surface area contributed by atoms with E-state index in [0.717, 1.165) is 38.8 Å². The fourth-order valence-electron chi connectivity index (χ4n) is 4.17. The van der Waals surface area contributed by atoms with Gasteiger partial charge in [-0.05, 0) is 48.8 Å². The molecule has 2 fully saturated rings. The lowest BCUT2D eigenvalue weighted by atomic mass is 9.72. The SMILES string of the molecule is Cl.Cl.NCC(O)CC(=O)N1CCC2(CCC(=O)N(CCc3ccncc3)C2)CC1. The number of nitrogens with zero attached hydrogens (tertiary/aromatic N) is 3. The van der Waals surface area contributed by atoms with Gasteiger partial charge in [0.2, 0.25) is 11.8 Å². The second kappa shape index (κ2) is 11.7. The highest BCUT2D eigenvalue weighted by atomic mass is 35.5. The Morgan fingerprint density at radius 3 is 2.48 bits per heavy atom. The van der Waals surface area contributed by atoms with Crippen molar-refractivity contribution in [2.75, 3.05) is 32.7 Å². The molecular weight excluding hydrogens is 415 g/mol. The number of piperidine rings is 2. The van der Waals surface area contributed by atoms with Crippen LogP contribution >= 0.6 is 24.8 Å². The molecule has 2 amide bonds. The Bertz CT molecular complexity index is 654. The summed E-state index contributed by atoms with van der Waals surface area (Å²) < 4.78 is 0. The summed E-state index contributed by atoms with van der Waals surface area (Å²) in [6, 6.07) is 3.98. The topological polar surface area (TPSA) is 99.8 Å². The minimum absolute atomic E-state index is 0. The molecule has 2 aliphatic heterocycles. The van der Waals surface area contributed by atoms with Crippen molar-refractivity contribution in [1.29, 1.82) is 0 Å². The van der Waals surface area contributed by atoms with Gasteiger partial charge < -0.3 is 20.6 Å². The van der Waals surface area contributed by atoms with Gasteiger partial charge in [0.1, 0.15) is 0 Å². The standard InChI is InChI=1S/C20H30N4O3.2ClH/c21-14-17(25)13-19(27)23-11-6-20(7-12-23)5-1-18(26)24(15-20)10-4-16-2-8-22-9-3-16;;/h2-3,8-9,17,25H,1,4-7,10-15,21H2;2*1H. The van der Waals surface area contributed by atoms with E-state index >= 15 is 0 Å². The highest BCUT2D eigenvalue weighted by Crippen LogP contribution is 2.40. The molecule has 0 aliphatic carbocycles. The maximum Gasteiger partial charge on any atom is 0.225 e. The van der Waals surface area contributed by atoms with Crippen molar-refractivity contribution in [1.82, 2.24) is 14.8 Å². The Hall–Kier alpha value is -1.41. The molecule has 1 spiro atoms. The highest BCUT2D eigenvalue weighted by Gasteiger charge is 2.41. The van der Waals surface area contributed by atoms with E-state index in [4.69, 9.17) is 5.73 Å². The molecule has 1 aromatic rings. The number of rotatable bonds is 6. The number of aliphatic hydroxyl groups excluding tert-OH is 1. The zero-order valence-corrected chi connectivity index (χ0v) is 18.3. The van der Waals surface area contributed by atoms with Gasteiger partial charge >= 0.3 is 0 Å². The molecule has 0 radical (unpaired) electrons. The third kappa shape index (κ3) is 6.81. The second-order valence-corrected chi connectivity index (χ2v) is 7.90. The molecular formula is C20H32Cl2N4O3. The summed E-state index contributed by atoms with van der Waals surface area (Å²) in [5, 5.41) is 9.60. The molecule has 0 saturated carbocycles. The van der Waals surface area contributed by atoms with Crippen molar-refractivity contribution in [2.45, 2.75) is 44.6 Å². The smallest absolute Gasteiger partial charge is 0.225 e. The quantitative estimate of drug-likeness (QED) is 0.687. The molecule has 0 aromatic carbocycles. The van der Waals surface area contributed by atoms with Crippen LogP contribution in [-0.2, 0) is 16.0 Å². The first-order chi connectivity index (χ1) is 13.0. The van der Waals surface area contributed by atoms with Gasteiger partial charge in [-0.1, -0.05) is 0 Å². The number of amides is 2. The number of nitrogens with two attached hydrogens (primary N) is 1. The fraction of sp³-hybridized carbons (Fsp3) is 0.650. The van der Waals surface area contributed by atoms with E-state index in [0.29, 0.717) is 19.5 Å². The van der Waals surface area contributed by atoms with E-state index in [9.17, 15) is 14.7 Å². The average molecular weight is 447 g/mol. The van der Waals surface area contributed by atoms with Crippen LogP contribution in [0.5, 0.6) is 0 Å². The zero-order valence-electron chi connectivity index (χ0n) is 16.7. The van der Waals surface area contributed by atoms with Crippen molar-refractivity contribution < 1.29 is 14.7 Å². The normalized spacial score (nSPS) is 19.3. The van der Waals surface area contributed by atoms with Gasteiger partial charge in [-0.2, -0.15) is 0 Å². The number of carbonyl (C=O) groups excluding carboxylic acids is 2. The number of halogens is 2. The maximum atomic E-state index is 12.4. The number of pyridine rings is 1. The van der Waals surface area contributed by atoms with E-state index in [1.54, 1.807) is 12.4 Å². The predicted molar refractivity (Wildman–Crippen MR) is 116 cm³/mol. The van der Waals surface area contributed by atoms with Crippen LogP contribution in [0.1, 0.15) is 37.7 Å². The van der Waals surface area contributed by atoms with E-state index in [1.165, 1.54) is 5.56 Å². The van der Waals surface area contributed by atoms with Crippen LogP contribution in [0.25, 0.3) is 0 Å². The second-order valence-electron chi connectivity index (χ2n) is 7.90. The van der Waals surface area contributed by atoms with Gasteiger partial charge in [-0.15, -0.1) is 24.8 Å². The van der Waals surface area contributed by atoms with Crippen molar-refractivity contribution in [3.63, 3.8) is 0 Å². The van der Waals surface area contributed by atoms with Gasteiger partial charge in [-0.3, -0.25) is 14.6 Å². The molecule has 9 heteroatoms. The highest BCUT2D eigenvalue weighted by molar-refractivity contribution is 5.85. The molecule has 1 atom stereocenters. The summed E-state index contributed by atoms with van der Waals surface area (Å²) in [5.74, 6) is 0.212. The van der Waals surface area contributed by atoms with Gasteiger partial charge in [0.05, 0.1) is 12.5 Å². The third-order valence-corrected chi connectivity index (χ3v) is 6.03. The van der Waals surface area contributed by atoms with E-state index in [2.05, 4.69) is 4.98 Å². The summed E-state index contributed by atoms with van der Waals surface area (Å²) >= 11 is 0. The number of aromatic nitrogens is 1. The maximum absolute atomic E-state index is 12.4. The Labute approximate surface area is 184 Å². The zero-order chi connectivity index (χ0) is 19.3. The van der Waals surface area contributed by atoms with Crippen LogP contribution in [0.3, 0.4) is 0 Å². The molecule has 3 heterocycles. The number of aliphatic hydroxyl groups is 1. The molecule has 1 unspecified atom stereocenters. The van der Waals surface area contributed by atoms with Crippen LogP contribution in [-0.4, -0.2) is 70.5 Å². The molecule has 3 rings (SSSR count). The largest absolute Gasteiger partial charge is 0.391 e. The van der Waals surface area contributed by atoms with E-state index in [-0.39, 0.29) is 55.0 Å². The Morgan fingerprint density at radius 2 is 1.86 bits per heavy atom. The summed E-state index contributed by atoms with van der Waals surface area (Å²) in [7, 11) is 0. The lowest BCUT2D eigenvalue weighted by Crippen LogP contribution is -2.53. The first-order valence-electron chi connectivity index (χ1n) is 9.84. The molecule has 7 nitrogen and oxygen atoms in total. The average Bonchev–Trinajstić information content (AvgIpc) is 2.70. The van der Waals surface area contributed by atoms with Crippen molar-refractivity contribution in [2.24, 2.45) is 11.1 Å². The molecule has 164 valence electrons. The van der Waals surface area contributed by atoms with Crippen LogP contribution in [0.15, 0.2) is 24.5 Å². The molecule has 3 N–H and O–H groups in total. The van der Waals surface area contributed by atoms with Gasteiger partial charge in [0.15, 0.2) is 0 Å². The third-order valence-electron chi connectivity index (χ3n) is 6.03. The molecule has 2 aliphatic rings. The fourth-order valence-corrected chi connectivity index (χ4v) is 4.17. The summed E-state index contributed by atoms with van der Waals surface area (Å²) in [4.78, 5) is 32.5. The van der Waals surface area contributed by atoms with Crippen LogP contribution in [0.4, 0.5) is 0 Å². The Balaban J connectivity index is 0.00000210. The van der Waals surface area contributed by atoms with E-state index < -0.39 is 6.10 Å². The molecule has 1 aromatic heterocycles. The van der Waals surface area contributed by atoms with Gasteiger partial charge in [0.25, 0.3) is 0 Å². The Kier molecular flexibility index (Phi) is 10.3. The van der Waals surface area contributed by atoms with Crippen LogP contribution in [0.2, 0.25) is 0 Å². The minimum atomic E-state index is -0.760. The number of hydrogen-bond acceptors (Lipinski definition) is 5. The number of hydrogen-bond donors (Lipinski definition) is 2. The predicted octanol–water partition coefficient (Wildman–Crippen LogP) is 1.41. The lowest BCUT2D eigenvalue weighted by Gasteiger charge is -2.47. The summed E-state index contributed by atoms with van der Waals surface area (Å²) in [6.07, 6.45) is 7.07. The monoisotopic (exact) mass is 446 g/mol. The van der Waals surface area contributed by atoms with Crippen molar-refractivity contribution in [3.05, 3.63) is 30.1 Å². The first-order valence-corrected chi connectivity index (χ1v) is 9.84. The Morgan fingerprint density at radius 1 is 1.21 bits per heavy atom. The molecule has 0 bridgehead atoms.